The Morgan fingerprint density at radius 1 is 0.926 bits per heavy atom. The maximum absolute atomic E-state index is 12.5. The van der Waals surface area contributed by atoms with Crippen LogP contribution in [0.4, 0.5) is 11.4 Å². The highest BCUT2D eigenvalue weighted by molar-refractivity contribution is 5.97. The average molecular weight is 370 g/mol. The van der Waals surface area contributed by atoms with Crippen molar-refractivity contribution < 1.29 is 23.9 Å². The smallest absolute Gasteiger partial charge is 0.338 e. The zero-order valence-corrected chi connectivity index (χ0v) is 15.5. The van der Waals surface area contributed by atoms with Gasteiger partial charge < -0.3 is 20.1 Å². The summed E-state index contributed by atoms with van der Waals surface area (Å²) in [5.74, 6) is -0.515. The molecule has 7 heteroatoms. The fourth-order valence-electron chi connectivity index (χ4n) is 2.44. The Balaban J connectivity index is 2.19. The van der Waals surface area contributed by atoms with Crippen molar-refractivity contribution in [1.82, 2.24) is 0 Å². The minimum absolute atomic E-state index is 0.0365. The van der Waals surface area contributed by atoms with E-state index in [1.807, 2.05) is 25.1 Å². The second-order valence-electron chi connectivity index (χ2n) is 5.78. The fourth-order valence-corrected chi connectivity index (χ4v) is 2.44. The van der Waals surface area contributed by atoms with Crippen LogP contribution in [0.1, 0.15) is 36.7 Å². The van der Waals surface area contributed by atoms with E-state index in [4.69, 9.17) is 9.47 Å². The summed E-state index contributed by atoms with van der Waals surface area (Å²) in [4.78, 5) is 35.1. The predicted molar refractivity (Wildman–Crippen MR) is 102 cm³/mol. The molecule has 0 aliphatic carbocycles. The quantitative estimate of drug-likeness (QED) is 0.729. The lowest BCUT2D eigenvalue weighted by Crippen LogP contribution is -2.12. The SMILES string of the molecule is CCOc1ccccc1COC(=O)c1cc(NC(C)=O)cc(NC(C)=O)c1. The number of amides is 2. The van der Waals surface area contributed by atoms with Gasteiger partial charge in [-0.15, -0.1) is 0 Å². The second kappa shape index (κ2) is 9.38. The topological polar surface area (TPSA) is 93.7 Å². The molecule has 0 aliphatic heterocycles. The number of anilines is 2. The molecular formula is C20H22N2O5. The van der Waals surface area contributed by atoms with Crippen LogP contribution in [0.2, 0.25) is 0 Å². The summed E-state index contributed by atoms with van der Waals surface area (Å²) in [6.45, 7) is 5.12. The summed E-state index contributed by atoms with van der Waals surface area (Å²) in [5, 5.41) is 5.19. The molecule has 2 amide bonds. The molecular weight excluding hydrogens is 348 g/mol. The summed E-state index contributed by atoms with van der Waals surface area (Å²) < 4.78 is 10.9. The van der Waals surface area contributed by atoms with Gasteiger partial charge in [0.15, 0.2) is 0 Å². The highest BCUT2D eigenvalue weighted by Crippen LogP contribution is 2.22. The molecule has 0 heterocycles. The van der Waals surface area contributed by atoms with E-state index in [1.54, 1.807) is 12.1 Å². The molecule has 0 saturated carbocycles. The van der Waals surface area contributed by atoms with Gasteiger partial charge in [-0.3, -0.25) is 9.59 Å². The molecule has 0 saturated heterocycles. The molecule has 2 aromatic carbocycles. The van der Waals surface area contributed by atoms with Gasteiger partial charge in [-0.05, 0) is 31.2 Å². The lowest BCUT2D eigenvalue weighted by molar-refractivity contribution is -0.115. The Hall–Kier alpha value is -3.35. The number of hydrogen-bond acceptors (Lipinski definition) is 5. The van der Waals surface area contributed by atoms with Crippen molar-refractivity contribution in [3.05, 3.63) is 53.6 Å². The minimum Gasteiger partial charge on any atom is -0.493 e. The Labute approximate surface area is 157 Å². The number of para-hydroxylation sites is 1. The van der Waals surface area contributed by atoms with Gasteiger partial charge in [0.05, 0.1) is 12.2 Å². The van der Waals surface area contributed by atoms with E-state index >= 15 is 0 Å². The molecule has 0 aromatic heterocycles. The Morgan fingerprint density at radius 3 is 2.07 bits per heavy atom. The second-order valence-corrected chi connectivity index (χ2v) is 5.78. The average Bonchev–Trinajstić information content (AvgIpc) is 2.59. The molecule has 0 unspecified atom stereocenters. The third-order valence-electron chi connectivity index (χ3n) is 3.44. The zero-order chi connectivity index (χ0) is 19.8. The normalized spacial score (nSPS) is 10.0. The van der Waals surface area contributed by atoms with E-state index in [-0.39, 0.29) is 24.0 Å². The van der Waals surface area contributed by atoms with E-state index in [1.165, 1.54) is 26.0 Å². The molecule has 2 aromatic rings. The number of carbonyl (C=O) groups is 3. The molecule has 0 radical (unpaired) electrons. The molecule has 7 nitrogen and oxygen atoms in total. The summed E-state index contributed by atoms with van der Waals surface area (Å²) in [6.07, 6.45) is 0. The number of esters is 1. The highest BCUT2D eigenvalue weighted by Gasteiger charge is 2.13. The van der Waals surface area contributed by atoms with E-state index in [0.29, 0.717) is 23.7 Å². The Bertz CT molecular complexity index is 814. The maximum Gasteiger partial charge on any atom is 0.338 e. The number of nitrogens with one attached hydrogen (secondary N) is 2. The van der Waals surface area contributed by atoms with Crippen molar-refractivity contribution in [1.29, 1.82) is 0 Å². The van der Waals surface area contributed by atoms with Crippen LogP contribution < -0.4 is 15.4 Å². The fraction of sp³-hybridized carbons (Fsp3) is 0.250. The molecule has 27 heavy (non-hydrogen) atoms. The molecule has 0 bridgehead atoms. The zero-order valence-electron chi connectivity index (χ0n) is 15.5. The molecule has 0 aliphatic rings. The summed E-state index contributed by atoms with van der Waals surface area (Å²) in [6, 6.07) is 11.8. The summed E-state index contributed by atoms with van der Waals surface area (Å²) in [5.41, 5.74) is 1.72. The van der Waals surface area contributed by atoms with Crippen molar-refractivity contribution in [3.8, 4) is 5.75 Å². The molecule has 0 atom stereocenters. The number of carbonyl (C=O) groups excluding carboxylic acids is 3. The van der Waals surface area contributed by atoms with Crippen molar-refractivity contribution in [2.45, 2.75) is 27.4 Å². The van der Waals surface area contributed by atoms with Crippen LogP contribution in [-0.2, 0) is 20.9 Å². The summed E-state index contributed by atoms with van der Waals surface area (Å²) >= 11 is 0. The first kappa shape index (κ1) is 20.0. The van der Waals surface area contributed by atoms with Crippen LogP contribution in [-0.4, -0.2) is 24.4 Å². The van der Waals surface area contributed by atoms with E-state index < -0.39 is 5.97 Å². The van der Waals surface area contributed by atoms with Crippen LogP contribution in [0, 0.1) is 0 Å². The van der Waals surface area contributed by atoms with Gasteiger partial charge in [0.25, 0.3) is 0 Å². The van der Waals surface area contributed by atoms with Crippen LogP contribution in [0.3, 0.4) is 0 Å². The molecule has 142 valence electrons. The van der Waals surface area contributed by atoms with Gasteiger partial charge in [-0.1, -0.05) is 18.2 Å². The van der Waals surface area contributed by atoms with Crippen molar-refractivity contribution in [3.63, 3.8) is 0 Å². The largest absolute Gasteiger partial charge is 0.493 e. The van der Waals surface area contributed by atoms with Crippen LogP contribution in [0.5, 0.6) is 5.75 Å². The molecule has 2 rings (SSSR count). The highest BCUT2D eigenvalue weighted by atomic mass is 16.5. The lowest BCUT2D eigenvalue weighted by atomic mass is 10.1. The van der Waals surface area contributed by atoms with Crippen molar-refractivity contribution in [2.24, 2.45) is 0 Å². The number of ether oxygens (including phenoxy) is 2. The van der Waals surface area contributed by atoms with Gasteiger partial charge in [-0.25, -0.2) is 4.79 Å². The van der Waals surface area contributed by atoms with Crippen LogP contribution >= 0.6 is 0 Å². The predicted octanol–water partition coefficient (Wildman–Crippen LogP) is 3.36. The minimum atomic E-state index is -0.583. The van der Waals surface area contributed by atoms with Crippen molar-refractivity contribution >= 4 is 29.2 Å². The third-order valence-corrected chi connectivity index (χ3v) is 3.44. The van der Waals surface area contributed by atoms with Gasteiger partial charge in [0.2, 0.25) is 11.8 Å². The monoisotopic (exact) mass is 370 g/mol. The third kappa shape index (κ3) is 6.14. The first-order valence-corrected chi connectivity index (χ1v) is 8.47. The number of rotatable bonds is 7. The summed E-state index contributed by atoms with van der Waals surface area (Å²) in [7, 11) is 0. The Morgan fingerprint density at radius 2 is 1.52 bits per heavy atom. The molecule has 0 fully saturated rings. The molecule has 2 N–H and O–H groups in total. The number of benzene rings is 2. The number of hydrogen-bond donors (Lipinski definition) is 2. The van der Waals surface area contributed by atoms with Gasteiger partial charge >= 0.3 is 5.97 Å². The maximum atomic E-state index is 12.5. The Kier molecular flexibility index (Phi) is 6.93. The first-order chi connectivity index (χ1) is 12.9. The van der Waals surface area contributed by atoms with E-state index in [9.17, 15) is 14.4 Å². The van der Waals surface area contributed by atoms with Crippen molar-refractivity contribution in [2.75, 3.05) is 17.2 Å². The van der Waals surface area contributed by atoms with Gasteiger partial charge in [-0.2, -0.15) is 0 Å². The molecule has 0 spiro atoms. The first-order valence-electron chi connectivity index (χ1n) is 8.47. The van der Waals surface area contributed by atoms with Gasteiger partial charge in [0.1, 0.15) is 12.4 Å². The van der Waals surface area contributed by atoms with Crippen LogP contribution in [0.15, 0.2) is 42.5 Å². The van der Waals surface area contributed by atoms with E-state index in [2.05, 4.69) is 10.6 Å². The van der Waals surface area contributed by atoms with E-state index in [0.717, 1.165) is 5.56 Å². The van der Waals surface area contributed by atoms with Crippen LogP contribution in [0.25, 0.3) is 0 Å². The standard InChI is InChI=1S/C20H22N2O5/c1-4-26-19-8-6-5-7-15(19)12-27-20(25)16-9-17(21-13(2)23)11-18(10-16)22-14(3)24/h5-11H,4,12H2,1-3H3,(H,21,23)(H,22,24). The van der Waals surface area contributed by atoms with Gasteiger partial charge in [0, 0.05) is 30.8 Å². The lowest BCUT2D eigenvalue weighted by Gasteiger charge is -2.12.